The summed E-state index contributed by atoms with van der Waals surface area (Å²) in [5, 5.41) is 13.1. The minimum Gasteiger partial charge on any atom is -0.377 e. The van der Waals surface area contributed by atoms with Gasteiger partial charge in [-0.15, -0.1) is 21.5 Å². The van der Waals surface area contributed by atoms with Crippen LogP contribution < -0.4 is 5.73 Å². The van der Waals surface area contributed by atoms with E-state index >= 15 is 0 Å². The van der Waals surface area contributed by atoms with Gasteiger partial charge in [-0.1, -0.05) is 30.3 Å². The van der Waals surface area contributed by atoms with Crippen LogP contribution in [0.4, 0.5) is 0 Å². The highest BCUT2D eigenvalue weighted by atomic mass is 32.2. The van der Waals surface area contributed by atoms with Crippen molar-refractivity contribution in [1.29, 1.82) is 0 Å². The first-order chi connectivity index (χ1) is 13.2. The molecule has 0 aliphatic carbocycles. The van der Waals surface area contributed by atoms with E-state index in [1.165, 1.54) is 11.8 Å². The fraction of sp³-hybridized carbons (Fsp3) is 0.222. The third kappa shape index (κ3) is 3.46. The summed E-state index contributed by atoms with van der Waals surface area (Å²) in [6.07, 6.45) is 0. The van der Waals surface area contributed by atoms with Crippen molar-refractivity contribution >= 4 is 33.3 Å². The Kier molecular flexibility index (Phi) is 5.17. The molecule has 3 heterocycles. The van der Waals surface area contributed by atoms with Crippen LogP contribution in [0.3, 0.4) is 0 Å². The zero-order valence-corrected chi connectivity index (χ0v) is 16.5. The second-order valence-electron chi connectivity index (χ2n) is 5.84. The van der Waals surface area contributed by atoms with E-state index < -0.39 is 0 Å². The molecule has 0 aliphatic heterocycles. The minimum atomic E-state index is 0.339. The van der Waals surface area contributed by atoms with Gasteiger partial charge in [-0.2, -0.15) is 0 Å². The van der Waals surface area contributed by atoms with Crippen molar-refractivity contribution < 1.29 is 4.74 Å². The third-order valence-electron chi connectivity index (χ3n) is 4.10. The van der Waals surface area contributed by atoms with Crippen LogP contribution in [0.15, 0.2) is 45.9 Å². The van der Waals surface area contributed by atoms with Crippen LogP contribution in [0.25, 0.3) is 21.3 Å². The van der Waals surface area contributed by atoms with Gasteiger partial charge in [0.25, 0.3) is 0 Å². The van der Waals surface area contributed by atoms with Crippen LogP contribution in [0.5, 0.6) is 0 Å². The summed E-state index contributed by atoms with van der Waals surface area (Å²) in [5.41, 5.74) is 7.97. The van der Waals surface area contributed by atoms with Crippen LogP contribution in [-0.2, 0) is 24.9 Å². The number of rotatable bonds is 6. The van der Waals surface area contributed by atoms with Crippen molar-refractivity contribution in [2.24, 2.45) is 12.8 Å². The highest BCUT2D eigenvalue weighted by molar-refractivity contribution is 7.99. The molecular formula is C18H18N6OS2. The molecule has 1 aromatic carbocycles. The molecule has 27 heavy (non-hydrogen) atoms. The van der Waals surface area contributed by atoms with Gasteiger partial charge < -0.3 is 15.0 Å². The van der Waals surface area contributed by atoms with E-state index in [1.54, 1.807) is 18.4 Å². The summed E-state index contributed by atoms with van der Waals surface area (Å²) in [6.45, 7) is 0.695. The summed E-state index contributed by atoms with van der Waals surface area (Å²) in [4.78, 5) is 10.3. The van der Waals surface area contributed by atoms with Crippen molar-refractivity contribution in [2.75, 3.05) is 7.11 Å². The fourth-order valence-electron chi connectivity index (χ4n) is 2.75. The molecule has 0 radical (unpaired) electrons. The number of nitrogens with zero attached hydrogens (tertiary/aromatic N) is 5. The molecule has 0 saturated carbocycles. The summed E-state index contributed by atoms with van der Waals surface area (Å²) >= 11 is 3.07. The lowest BCUT2D eigenvalue weighted by atomic mass is 10.1. The molecule has 3 aromatic heterocycles. The normalized spacial score (nSPS) is 11.4. The zero-order valence-electron chi connectivity index (χ0n) is 14.9. The highest BCUT2D eigenvalue weighted by Crippen LogP contribution is 2.40. The smallest absolute Gasteiger partial charge is 0.197 e. The maximum atomic E-state index is 5.72. The molecule has 0 fully saturated rings. The van der Waals surface area contributed by atoms with E-state index in [4.69, 9.17) is 15.5 Å². The average Bonchev–Trinajstić information content (AvgIpc) is 3.27. The second-order valence-corrected chi connectivity index (χ2v) is 7.65. The largest absolute Gasteiger partial charge is 0.377 e. The number of benzene rings is 1. The maximum absolute atomic E-state index is 5.72. The first kappa shape index (κ1) is 18.1. The van der Waals surface area contributed by atoms with Gasteiger partial charge >= 0.3 is 0 Å². The lowest BCUT2D eigenvalue weighted by Gasteiger charge is -2.08. The van der Waals surface area contributed by atoms with Crippen LogP contribution in [-0.4, -0.2) is 31.8 Å². The topological polar surface area (TPSA) is 91.7 Å². The third-order valence-corrected chi connectivity index (χ3v) is 6.00. The number of thiophene rings is 1. The van der Waals surface area contributed by atoms with Gasteiger partial charge in [-0.05, 0) is 17.3 Å². The standard InChI is InChI=1S/C18H18N6OS2/c1-24-14(8-19)22-23-18(24)27-17-15-12(11-6-4-3-5-7-11)10-26-16(15)20-13(21-17)9-25-2/h3-7,10H,8-9,19H2,1-2H3. The summed E-state index contributed by atoms with van der Waals surface area (Å²) in [6, 6.07) is 10.3. The van der Waals surface area contributed by atoms with Crippen molar-refractivity contribution in [2.45, 2.75) is 23.3 Å². The molecule has 0 bridgehead atoms. The predicted octanol–water partition coefficient (Wildman–Crippen LogP) is 3.24. The molecule has 0 amide bonds. The number of nitrogens with two attached hydrogens (primary N) is 1. The average molecular weight is 399 g/mol. The van der Waals surface area contributed by atoms with Gasteiger partial charge in [0.05, 0.1) is 11.9 Å². The molecule has 0 saturated heterocycles. The predicted molar refractivity (Wildman–Crippen MR) is 107 cm³/mol. The van der Waals surface area contributed by atoms with Gasteiger partial charge in [0.2, 0.25) is 0 Å². The van der Waals surface area contributed by atoms with E-state index in [0.29, 0.717) is 19.0 Å². The molecular weight excluding hydrogens is 380 g/mol. The monoisotopic (exact) mass is 398 g/mol. The number of hydrogen-bond acceptors (Lipinski definition) is 8. The molecule has 4 rings (SSSR count). The first-order valence-electron chi connectivity index (χ1n) is 8.30. The summed E-state index contributed by atoms with van der Waals surface area (Å²) < 4.78 is 7.13. The summed E-state index contributed by atoms with van der Waals surface area (Å²) in [7, 11) is 3.55. The lowest BCUT2D eigenvalue weighted by molar-refractivity contribution is 0.177. The molecule has 138 valence electrons. The highest BCUT2D eigenvalue weighted by Gasteiger charge is 2.19. The molecule has 7 nitrogen and oxygen atoms in total. The van der Waals surface area contributed by atoms with E-state index in [-0.39, 0.29) is 0 Å². The molecule has 2 N–H and O–H groups in total. The van der Waals surface area contributed by atoms with Gasteiger partial charge in [-0.3, -0.25) is 0 Å². The van der Waals surface area contributed by atoms with E-state index in [2.05, 4.69) is 32.7 Å². The number of fused-ring (bicyclic) bond motifs is 1. The van der Waals surface area contributed by atoms with Gasteiger partial charge in [-0.25, -0.2) is 9.97 Å². The minimum absolute atomic E-state index is 0.339. The molecule has 0 unspecified atom stereocenters. The van der Waals surface area contributed by atoms with Crippen molar-refractivity contribution in [1.82, 2.24) is 24.7 Å². The second kappa shape index (κ2) is 7.73. The van der Waals surface area contributed by atoms with E-state index in [1.807, 2.05) is 29.8 Å². The Bertz CT molecular complexity index is 1080. The maximum Gasteiger partial charge on any atom is 0.197 e. The lowest BCUT2D eigenvalue weighted by Crippen LogP contribution is -2.05. The molecule has 0 aliphatic rings. The number of aromatic nitrogens is 5. The summed E-state index contributed by atoms with van der Waals surface area (Å²) in [5.74, 6) is 1.38. The van der Waals surface area contributed by atoms with Crippen LogP contribution in [0, 0.1) is 0 Å². The van der Waals surface area contributed by atoms with Crippen molar-refractivity contribution in [3.05, 3.63) is 47.4 Å². The van der Waals surface area contributed by atoms with E-state index in [9.17, 15) is 0 Å². The van der Waals surface area contributed by atoms with Gasteiger partial charge in [0.15, 0.2) is 11.0 Å². The molecule has 9 heteroatoms. The van der Waals surface area contributed by atoms with Crippen LogP contribution >= 0.6 is 23.1 Å². The fourth-order valence-corrected chi connectivity index (χ4v) is 4.73. The Morgan fingerprint density at radius 3 is 2.70 bits per heavy atom. The number of hydrogen-bond donors (Lipinski definition) is 1. The SMILES string of the molecule is COCc1nc(Sc2nnc(CN)n2C)c2c(-c3ccccc3)csc2n1. The number of ether oxygens (including phenoxy) is 1. The van der Waals surface area contributed by atoms with Crippen molar-refractivity contribution in [3.8, 4) is 11.1 Å². The van der Waals surface area contributed by atoms with Crippen LogP contribution in [0.2, 0.25) is 0 Å². The van der Waals surface area contributed by atoms with Crippen molar-refractivity contribution in [3.63, 3.8) is 0 Å². The zero-order chi connectivity index (χ0) is 18.8. The molecule has 0 atom stereocenters. The van der Waals surface area contributed by atoms with Crippen LogP contribution in [0.1, 0.15) is 11.6 Å². The van der Waals surface area contributed by atoms with E-state index in [0.717, 1.165) is 37.4 Å². The Balaban J connectivity index is 1.87. The first-order valence-corrected chi connectivity index (χ1v) is 9.99. The Labute approximate surface area is 164 Å². The van der Waals surface area contributed by atoms with Gasteiger partial charge in [0.1, 0.15) is 22.3 Å². The Morgan fingerprint density at radius 2 is 2.00 bits per heavy atom. The quantitative estimate of drug-likeness (QED) is 0.499. The Morgan fingerprint density at radius 1 is 1.19 bits per heavy atom. The Hall–Kier alpha value is -2.33. The van der Waals surface area contributed by atoms with Gasteiger partial charge in [0, 0.05) is 25.1 Å². The number of methoxy groups -OCH3 is 1. The molecule has 0 spiro atoms. The molecule has 4 aromatic rings.